The molecule has 0 aliphatic carbocycles. The number of carboxylic acids is 1. The maximum absolute atomic E-state index is 11.4. The fraction of sp³-hybridized carbons (Fsp3) is 0. The molecule has 1 N–H and O–H groups in total. The Labute approximate surface area is 128 Å². The van der Waals surface area contributed by atoms with Crippen molar-refractivity contribution in [2.75, 3.05) is 0 Å². The highest BCUT2D eigenvalue weighted by molar-refractivity contribution is 9.10. The van der Waals surface area contributed by atoms with Crippen molar-refractivity contribution in [2.24, 2.45) is 0 Å². The smallest absolute Gasteiger partial charge is 0.336 e. The molecule has 0 saturated heterocycles. The molecule has 0 amide bonds. The van der Waals surface area contributed by atoms with E-state index in [0.29, 0.717) is 11.1 Å². The number of carboxylic acid groups (broad SMARTS) is 1. The van der Waals surface area contributed by atoms with E-state index in [9.17, 15) is 20.0 Å². The number of nitro groups is 1. The van der Waals surface area contributed by atoms with Gasteiger partial charge in [-0.15, -0.1) is 0 Å². The first-order valence-corrected chi connectivity index (χ1v) is 6.72. The molecule has 0 atom stereocenters. The molecule has 0 spiro atoms. The van der Waals surface area contributed by atoms with Gasteiger partial charge in [-0.05, 0) is 41.5 Å². The first kappa shape index (κ1) is 14.9. The van der Waals surface area contributed by atoms with Crippen molar-refractivity contribution in [3.05, 3.63) is 74.2 Å². The van der Waals surface area contributed by atoms with Crippen LogP contribution >= 0.6 is 15.9 Å². The Morgan fingerprint density at radius 1 is 1.10 bits per heavy atom. The van der Waals surface area contributed by atoms with Gasteiger partial charge in [-0.25, -0.2) is 4.79 Å². The Bertz CT molecular complexity index is 705. The van der Waals surface area contributed by atoms with Gasteiger partial charge in [-0.1, -0.05) is 28.1 Å². The fourth-order valence-corrected chi connectivity index (χ4v) is 2.02. The highest BCUT2D eigenvalue weighted by Gasteiger charge is 2.11. The minimum Gasteiger partial charge on any atom is -0.478 e. The lowest BCUT2D eigenvalue weighted by molar-refractivity contribution is -0.384. The van der Waals surface area contributed by atoms with Gasteiger partial charge in [0, 0.05) is 16.6 Å². The summed E-state index contributed by atoms with van der Waals surface area (Å²) in [7, 11) is 0. The molecule has 5 nitrogen and oxygen atoms in total. The van der Waals surface area contributed by atoms with Gasteiger partial charge in [0.2, 0.25) is 0 Å². The van der Waals surface area contributed by atoms with Gasteiger partial charge in [0.25, 0.3) is 5.69 Å². The zero-order chi connectivity index (χ0) is 15.4. The van der Waals surface area contributed by atoms with Crippen LogP contribution in [-0.2, 0) is 4.79 Å². The Morgan fingerprint density at radius 2 is 1.67 bits per heavy atom. The van der Waals surface area contributed by atoms with Crippen LogP contribution in [0.1, 0.15) is 11.1 Å². The molecule has 2 aromatic rings. The molecule has 0 aromatic heterocycles. The molecule has 6 heteroatoms. The van der Waals surface area contributed by atoms with Gasteiger partial charge in [0.15, 0.2) is 0 Å². The summed E-state index contributed by atoms with van der Waals surface area (Å²) in [6.45, 7) is 0. The maximum atomic E-state index is 11.4. The topological polar surface area (TPSA) is 80.4 Å². The molecule has 106 valence electrons. The molecule has 2 aromatic carbocycles. The summed E-state index contributed by atoms with van der Waals surface area (Å²) in [6.07, 6.45) is 1.48. The van der Waals surface area contributed by atoms with Crippen LogP contribution in [0.4, 0.5) is 5.69 Å². The number of hydrogen-bond acceptors (Lipinski definition) is 3. The Hall–Kier alpha value is -2.47. The van der Waals surface area contributed by atoms with Crippen molar-refractivity contribution < 1.29 is 14.8 Å². The van der Waals surface area contributed by atoms with Crippen molar-refractivity contribution in [1.29, 1.82) is 0 Å². The second-order valence-corrected chi connectivity index (χ2v) is 5.13. The summed E-state index contributed by atoms with van der Waals surface area (Å²) < 4.78 is 0.853. The molecule has 0 aliphatic rings. The SMILES string of the molecule is O=C(O)/C(=C\c1ccc([N+](=O)[O-])cc1)c1ccc(Br)cc1. The van der Waals surface area contributed by atoms with Crippen LogP contribution in [0.2, 0.25) is 0 Å². The van der Waals surface area contributed by atoms with Gasteiger partial charge in [0.05, 0.1) is 10.5 Å². The van der Waals surface area contributed by atoms with E-state index in [0.717, 1.165) is 4.47 Å². The fourth-order valence-electron chi connectivity index (χ4n) is 1.76. The molecule has 0 radical (unpaired) electrons. The number of carbonyl (C=O) groups is 1. The van der Waals surface area contributed by atoms with Crippen molar-refractivity contribution in [1.82, 2.24) is 0 Å². The average Bonchev–Trinajstić information content (AvgIpc) is 2.46. The summed E-state index contributed by atoms with van der Waals surface area (Å²) in [5.74, 6) is -1.06. The Morgan fingerprint density at radius 3 is 2.14 bits per heavy atom. The zero-order valence-corrected chi connectivity index (χ0v) is 12.3. The maximum Gasteiger partial charge on any atom is 0.336 e. The van der Waals surface area contributed by atoms with Crippen molar-refractivity contribution in [3.63, 3.8) is 0 Å². The van der Waals surface area contributed by atoms with Gasteiger partial charge >= 0.3 is 5.97 Å². The van der Waals surface area contributed by atoms with Gasteiger partial charge in [-0.3, -0.25) is 10.1 Å². The van der Waals surface area contributed by atoms with Crippen molar-refractivity contribution >= 4 is 39.2 Å². The predicted molar refractivity (Wildman–Crippen MR) is 82.7 cm³/mol. The molecule has 0 bridgehead atoms. The second-order valence-electron chi connectivity index (χ2n) is 4.22. The van der Waals surface area contributed by atoms with Gasteiger partial charge < -0.3 is 5.11 Å². The summed E-state index contributed by atoms with van der Waals surface area (Å²) in [5, 5.41) is 19.9. The summed E-state index contributed by atoms with van der Waals surface area (Å²) in [6, 6.07) is 12.6. The van der Waals surface area contributed by atoms with Crippen molar-refractivity contribution in [2.45, 2.75) is 0 Å². The molecular weight excluding hydrogens is 338 g/mol. The lowest BCUT2D eigenvalue weighted by Crippen LogP contribution is -1.99. The highest BCUT2D eigenvalue weighted by Crippen LogP contribution is 2.22. The van der Waals surface area contributed by atoms with Crippen LogP contribution in [0, 0.1) is 10.1 Å². The summed E-state index contributed by atoms with van der Waals surface area (Å²) in [5.41, 5.74) is 1.23. The molecule has 0 fully saturated rings. The summed E-state index contributed by atoms with van der Waals surface area (Å²) >= 11 is 3.29. The third-order valence-electron chi connectivity index (χ3n) is 2.80. The van der Waals surface area contributed by atoms with E-state index >= 15 is 0 Å². The van der Waals surface area contributed by atoms with E-state index in [4.69, 9.17) is 0 Å². The van der Waals surface area contributed by atoms with E-state index in [1.165, 1.54) is 30.3 Å². The molecular formula is C15H10BrNO4. The highest BCUT2D eigenvalue weighted by atomic mass is 79.9. The number of nitro benzene ring substituents is 1. The third-order valence-corrected chi connectivity index (χ3v) is 3.33. The van der Waals surface area contributed by atoms with E-state index in [1.54, 1.807) is 24.3 Å². The quantitative estimate of drug-likeness (QED) is 0.392. The molecule has 2 rings (SSSR count). The van der Waals surface area contributed by atoms with Crippen LogP contribution in [-0.4, -0.2) is 16.0 Å². The van der Waals surface area contributed by atoms with Crippen LogP contribution in [0.25, 0.3) is 11.6 Å². The number of halogens is 1. The standard InChI is InChI=1S/C15H10BrNO4/c16-12-5-3-11(4-6-12)14(15(18)19)9-10-1-7-13(8-2-10)17(20)21/h1-9H,(H,18,19)/b14-9-. The van der Waals surface area contributed by atoms with Crippen LogP contribution in [0.3, 0.4) is 0 Å². The minimum atomic E-state index is -1.06. The molecule has 0 saturated carbocycles. The number of nitrogens with zero attached hydrogens (tertiary/aromatic N) is 1. The van der Waals surface area contributed by atoms with Gasteiger partial charge in [-0.2, -0.15) is 0 Å². The first-order chi connectivity index (χ1) is 9.97. The summed E-state index contributed by atoms with van der Waals surface area (Å²) in [4.78, 5) is 21.5. The number of non-ortho nitro benzene ring substituents is 1. The third kappa shape index (κ3) is 3.76. The van der Waals surface area contributed by atoms with Crippen LogP contribution in [0.5, 0.6) is 0 Å². The minimum absolute atomic E-state index is 0.0346. The normalized spacial score (nSPS) is 11.2. The van der Waals surface area contributed by atoms with E-state index in [1.807, 2.05) is 0 Å². The number of aliphatic carboxylic acids is 1. The molecule has 0 heterocycles. The monoisotopic (exact) mass is 347 g/mol. The second kappa shape index (κ2) is 6.32. The lowest BCUT2D eigenvalue weighted by Gasteiger charge is -2.03. The van der Waals surface area contributed by atoms with Crippen LogP contribution < -0.4 is 0 Å². The van der Waals surface area contributed by atoms with Crippen LogP contribution in [0.15, 0.2) is 53.0 Å². The van der Waals surface area contributed by atoms with Gasteiger partial charge in [0.1, 0.15) is 0 Å². The van der Waals surface area contributed by atoms with E-state index in [-0.39, 0.29) is 11.3 Å². The number of rotatable bonds is 4. The largest absolute Gasteiger partial charge is 0.478 e. The number of hydrogen-bond donors (Lipinski definition) is 1. The Kier molecular flexibility index (Phi) is 4.49. The average molecular weight is 348 g/mol. The molecule has 21 heavy (non-hydrogen) atoms. The Balaban J connectivity index is 2.40. The lowest BCUT2D eigenvalue weighted by atomic mass is 10.0. The van der Waals surface area contributed by atoms with E-state index in [2.05, 4.69) is 15.9 Å². The number of benzene rings is 2. The zero-order valence-electron chi connectivity index (χ0n) is 10.7. The van der Waals surface area contributed by atoms with E-state index < -0.39 is 10.9 Å². The van der Waals surface area contributed by atoms with Crippen molar-refractivity contribution in [3.8, 4) is 0 Å². The predicted octanol–water partition coefficient (Wildman–Crippen LogP) is 3.98. The first-order valence-electron chi connectivity index (χ1n) is 5.93. The molecule has 0 unspecified atom stereocenters. The molecule has 0 aliphatic heterocycles.